The number of carbonyl (C=O) groups is 1. The highest BCUT2D eigenvalue weighted by atomic mass is 32.1. The van der Waals surface area contributed by atoms with E-state index in [0.29, 0.717) is 24.7 Å². The number of anilines is 1. The molecule has 0 bridgehead atoms. The summed E-state index contributed by atoms with van der Waals surface area (Å²) in [6.07, 6.45) is 3.82. The van der Waals surface area contributed by atoms with Crippen LogP contribution in [0.25, 0.3) is 10.2 Å². The molecule has 2 aromatic heterocycles. The zero-order valence-electron chi connectivity index (χ0n) is 18.0. The number of hydrogen-bond acceptors (Lipinski definition) is 5. The topological polar surface area (TPSA) is 55.3 Å². The van der Waals surface area contributed by atoms with E-state index in [0.717, 1.165) is 32.7 Å². The van der Waals surface area contributed by atoms with Gasteiger partial charge in [0.1, 0.15) is 5.75 Å². The normalized spacial score (nSPS) is 10.9. The van der Waals surface area contributed by atoms with Gasteiger partial charge in [-0.05, 0) is 61.2 Å². The van der Waals surface area contributed by atoms with Crippen molar-refractivity contribution in [2.75, 3.05) is 11.5 Å². The molecule has 0 aliphatic rings. The van der Waals surface area contributed by atoms with E-state index in [-0.39, 0.29) is 5.91 Å². The van der Waals surface area contributed by atoms with Gasteiger partial charge in [-0.1, -0.05) is 41.7 Å². The van der Waals surface area contributed by atoms with E-state index in [2.05, 4.69) is 31.0 Å². The van der Waals surface area contributed by atoms with Crippen molar-refractivity contribution in [3.63, 3.8) is 0 Å². The largest absolute Gasteiger partial charge is 0.494 e. The molecule has 0 saturated heterocycles. The number of benzene rings is 2. The molecule has 1 amide bonds. The van der Waals surface area contributed by atoms with Gasteiger partial charge in [-0.3, -0.25) is 14.7 Å². The first-order chi connectivity index (χ1) is 15.0. The molecule has 158 valence electrons. The smallest absolute Gasteiger partial charge is 0.233 e. The highest BCUT2D eigenvalue weighted by Gasteiger charge is 2.22. The first-order valence-corrected chi connectivity index (χ1v) is 11.1. The minimum Gasteiger partial charge on any atom is -0.494 e. The molecule has 0 fully saturated rings. The molecule has 31 heavy (non-hydrogen) atoms. The van der Waals surface area contributed by atoms with Gasteiger partial charge >= 0.3 is 0 Å². The zero-order chi connectivity index (χ0) is 21.8. The standard InChI is InChI=1S/C25H25N3O2S/c1-4-30-21-11-9-19(10-12-21)14-22(29)28(16-20-6-5-13-26-15-20)25-27-23-17(2)7-8-18(3)24(23)31-25/h5-13,15H,4,14,16H2,1-3H3. The van der Waals surface area contributed by atoms with Crippen LogP contribution in [0.15, 0.2) is 60.9 Å². The Labute approximate surface area is 186 Å². The van der Waals surface area contributed by atoms with Gasteiger partial charge in [0.15, 0.2) is 5.13 Å². The number of thiazole rings is 1. The van der Waals surface area contributed by atoms with Crippen molar-refractivity contribution >= 4 is 32.6 Å². The monoisotopic (exact) mass is 431 g/mol. The van der Waals surface area contributed by atoms with Crippen molar-refractivity contribution in [2.24, 2.45) is 0 Å². The number of pyridine rings is 1. The van der Waals surface area contributed by atoms with E-state index >= 15 is 0 Å². The molecule has 0 atom stereocenters. The molecule has 2 heterocycles. The summed E-state index contributed by atoms with van der Waals surface area (Å²) in [6.45, 7) is 7.14. The number of nitrogens with zero attached hydrogens (tertiary/aromatic N) is 3. The minimum absolute atomic E-state index is 0.00220. The lowest BCUT2D eigenvalue weighted by atomic mass is 10.1. The van der Waals surface area contributed by atoms with Crippen LogP contribution in [0.3, 0.4) is 0 Å². The van der Waals surface area contributed by atoms with Gasteiger partial charge in [0.25, 0.3) is 0 Å². The van der Waals surface area contributed by atoms with E-state index in [4.69, 9.17) is 9.72 Å². The fourth-order valence-electron chi connectivity index (χ4n) is 3.44. The second-order valence-electron chi connectivity index (χ2n) is 7.47. The summed E-state index contributed by atoms with van der Waals surface area (Å²) in [6, 6.07) is 15.7. The van der Waals surface area contributed by atoms with E-state index in [1.54, 1.807) is 28.6 Å². The molecule has 0 saturated carbocycles. The number of fused-ring (bicyclic) bond motifs is 1. The molecular weight excluding hydrogens is 406 g/mol. The van der Waals surface area contributed by atoms with Gasteiger partial charge in [-0.2, -0.15) is 0 Å². The Morgan fingerprint density at radius 1 is 1.03 bits per heavy atom. The summed E-state index contributed by atoms with van der Waals surface area (Å²) in [5.41, 5.74) is 5.16. The second-order valence-corrected chi connectivity index (χ2v) is 8.45. The van der Waals surface area contributed by atoms with Crippen LogP contribution in [0.1, 0.15) is 29.2 Å². The fraction of sp³-hybridized carbons (Fsp3) is 0.240. The average Bonchev–Trinajstić information content (AvgIpc) is 3.23. The highest BCUT2D eigenvalue weighted by molar-refractivity contribution is 7.22. The van der Waals surface area contributed by atoms with Gasteiger partial charge < -0.3 is 4.74 Å². The van der Waals surface area contributed by atoms with Crippen LogP contribution >= 0.6 is 11.3 Å². The second kappa shape index (κ2) is 9.27. The fourth-order valence-corrected chi connectivity index (χ4v) is 4.57. The third kappa shape index (κ3) is 4.75. The zero-order valence-corrected chi connectivity index (χ0v) is 18.8. The lowest BCUT2D eigenvalue weighted by Gasteiger charge is -2.20. The maximum Gasteiger partial charge on any atom is 0.233 e. The van der Waals surface area contributed by atoms with Gasteiger partial charge in [-0.25, -0.2) is 4.98 Å². The van der Waals surface area contributed by atoms with Crippen molar-refractivity contribution < 1.29 is 9.53 Å². The Kier molecular flexibility index (Phi) is 6.28. The molecule has 4 aromatic rings. The van der Waals surface area contributed by atoms with Crippen LogP contribution in [0.4, 0.5) is 5.13 Å². The van der Waals surface area contributed by atoms with E-state index in [9.17, 15) is 4.79 Å². The van der Waals surface area contributed by atoms with E-state index in [1.165, 1.54) is 5.56 Å². The van der Waals surface area contributed by atoms with Crippen LogP contribution in [-0.2, 0) is 17.8 Å². The minimum atomic E-state index is 0.00220. The van der Waals surface area contributed by atoms with Crippen molar-refractivity contribution in [1.29, 1.82) is 0 Å². The van der Waals surface area contributed by atoms with Crippen LogP contribution in [0.5, 0.6) is 5.75 Å². The quantitative estimate of drug-likeness (QED) is 0.389. The maximum absolute atomic E-state index is 13.4. The molecule has 0 radical (unpaired) electrons. The number of hydrogen-bond donors (Lipinski definition) is 0. The van der Waals surface area contributed by atoms with Crippen molar-refractivity contribution in [2.45, 2.75) is 33.7 Å². The van der Waals surface area contributed by atoms with E-state index < -0.39 is 0 Å². The van der Waals surface area contributed by atoms with Crippen molar-refractivity contribution in [3.05, 3.63) is 83.2 Å². The molecule has 0 aliphatic heterocycles. The average molecular weight is 432 g/mol. The van der Waals surface area contributed by atoms with Gasteiger partial charge in [0.2, 0.25) is 5.91 Å². The molecule has 0 unspecified atom stereocenters. The lowest BCUT2D eigenvalue weighted by Crippen LogP contribution is -2.31. The molecule has 0 spiro atoms. The number of aryl methyl sites for hydroxylation is 2. The van der Waals surface area contributed by atoms with Crippen LogP contribution in [0, 0.1) is 13.8 Å². The molecule has 0 aliphatic carbocycles. The highest BCUT2D eigenvalue weighted by Crippen LogP contribution is 2.34. The van der Waals surface area contributed by atoms with Crippen molar-refractivity contribution in [3.8, 4) is 5.75 Å². The molecule has 2 aromatic carbocycles. The lowest BCUT2D eigenvalue weighted by molar-refractivity contribution is -0.118. The maximum atomic E-state index is 13.4. The van der Waals surface area contributed by atoms with Crippen molar-refractivity contribution in [1.82, 2.24) is 9.97 Å². The number of ether oxygens (including phenoxy) is 1. The first-order valence-electron chi connectivity index (χ1n) is 10.3. The Bertz CT molecular complexity index is 1150. The summed E-state index contributed by atoms with van der Waals surface area (Å²) in [5.74, 6) is 0.811. The third-order valence-corrected chi connectivity index (χ3v) is 6.33. The van der Waals surface area contributed by atoms with Gasteiger partial charge in [0, 0.05) is 12.4 Å². The van der Waals surface area contributed by atoms with Gasteiger partial charge in [-0.15, -0.1) is 0 Å². The van der Waals surface area contributed by atoms with Gasteiger partial charge in [0.05, 0.1) is 29.8 Å². The molecule has 5 nitrogen and oxygen atoms in total. The summed E-state index contributed by atoms with van der Waals surface area (Å²) >= 11 is 1.57. The Hall–Kier alpha value is -3.25. The third-order valence-electron chi connectivity index (χ3n) is 5.12. The molecule has 0 N–H and O–H groups in total. The van der Waals surface area contributed by atoms with Crippen LogP contribution < -0.4 is 9.64 Å². The number of aromatic nitrogens is 2. The Balaban J connectivity index is 1.66. The summed E-state index contributed by atoms with van der Waals surface area (Å²) in [7, 11) is 0. The SMILES string of the molecule is CCOc1ccc(CC(=O)N(Cc2cccnc2)c2nc3c(C)ccc(C)c3s2)cc1. The summed E-state index contributed by atoms with van der Waals surface area (Å²) < 4.78 is 6.63. The molecular formula is C25H25N3O2S. The Morgan fingerprint density at radius 3 is 2.48 bits per heavy atom. The van der Waals surface area contributed by atoms with Crippen LogP contribution in [-0.4, -0.2) is 22.5 Å². The van der Waals surface area contributed by atoms with E-state index in [1.807, 2.05) is 43.3 Å². The Morgan fingerprint density at radius 2 is 1.81 bits per heavy atom. The number of amides is 1. The van der Waals surface area contributed by atoms with Crippen LogP contribution in [0.2, 0.25) is 0 Å². The summed E-state index contributed by atoms with van der Waals surface area (Å²) in [5, 5.41) is 0.715. The number of carbonyl (C=O) groups excluding carboxylic acids is 1. The predicted octanol–water partition coefficient (Wildman–Crippen LogP) is 5.48. The summed E-state index contributed by atoms with van der Waals surface area (Å²) in [4.78, 5) is 24.2. The number of rotatable bonds is 7. The predicted molar refractivity (Wildman–Crippen MR) is 126 cm³/mol. The first kappa shape index (κ1) is 21.0. The molecule has 4 rings (SSSR count). The molecule has 6 heteroatoms.